The van der Waals surface area contributed by atoms with Gasteiger partial charge in [0, 0.05) is 24.1 Å². The Labute approximate surface area is 151 Å². The molecule has 2 aromatic rings. The number of allylic oxidation sites excluding steroid dienone is 4. The highest BCUT2D eigenvalue weighted by molar-refractivity contribution is 7.56. The summed E-state index contributed by atoms with van der Waals surface area (Å²) in [6.45, 7) is 2.12. The van der Waals surface area contributed by atoms with Crippen molar-refractivity contribution in [1.82, 2.24) is 0 Å². The lowest BCUT2D eigenvalue weighted by molar-refractivity contribution is 0.467. The fraction of sp³-hybridized carbons (Fsp3) is 0.227. The maximum absolute atomic E-state index is 10.8. The van der Waals surface area contributed by atoms with Crippen LogP contribution in [0.4, 0.5) is 0 Å². The molecule has 0 amide bonds. The fourth-order valence-electron chi connectivity index (χ4n) is 3.17. The highest BCUT2D eigenvalue weighted by Gasteiger charge is 2.14. The van der Waals surface area contributed by atoms with Crippen LogP contribution in [-0.2, 0) is 6.42 Å². The molecule has 2 unspecified atom stereocenters. The van der Waals surface area contributed by atoms with Crippen molar-refractivity contribution >= 4 is 25.4 Å². The Hall–Kier alpha value is -2.18. The number of aromatic hydroxyl groups is 1. The van der Waals surface area contributed by atoms with Gasteiger partial charge in [0.15, 0.2) is 0 Å². The molecule has 0 bridgehead atoms. The standard InChI is InChI=1S/C22H24NOP/c1-16-8-6-12-19(15-23-2)22(16)25-20-13-7-11-18(21(20)24)14-17-9-4-3-5-10-17/h3-9,11-13,15,17,24-25H,10,14H2,1-2H3. The predicted octanol–water partition coefficient (Wildman–Crippen LogP) is 4.05. The molecule has 1 aliphatic rings. The van der Waals surface area contributed by atoms with E-state index in [1.807, 2.05) is 18.3 Å². The number of nitrogens with zero attached hydrogens (tertiary/aromatic N) is 1. The molecule has 0 saturated carbocycles. The van der Waals surface area contributed by atoms with Gasteiger partial charge in [-0.1, -0.05) is 69.3 Å². The highest BCUT2D eigenvalue weighted by Crippen LogP contribution is 2.28. The summed E-state index contributed by atoms with van der Waals surface area (Å²) in [6, 6.07) is 12.4. The van der Waals surface area contributed by atoms with Crippen LogP contribution in [0.1, 0.15) is 23.1 Å². The third-order valence-electron chi connectivity index (χ3n) is 4.50. The number of benzene rings is 2. The van der Waals surface area contributed by atoms with Crippen molar-refractivity contribution in [2.24, 2.45) is 10.9 Å². The molecule has 3 heteroatoms. The summed E-state index contributed by atoms with van der Waals surface area (Å²) in [4.78, 5) is 4.17. The Morgan fingerprint density at radius 3 is 2.80 bits per heavy atom. The number of aliphatic imine (C=N–C) groups is 1. The number of phenolic OH excluding ortho intramolecular Hbond substituents is 1. The number of rotatable bonds is 5. The second-order valence-electron chi connectivity index (χ2n) is 6.38. The van der Waals surface area contributed by atoms with Gasteiger partial charge in [-0.2, -0.15) is 0 Å². The lowest BCUT2D eigenvalue weighted by atomic mass is 9.93. The second kappa shape index (κ2) is 8.27. The van der Waals surface area contributed by atoms with Crippen LogP contribution in [0, 0.1) is 12.8 Å². The van der Waals surface area contributed by atoms with Crippen LogP contribution in [0.5, 0.6) is 5.75 Å². The lowest BCUT2D eigenvalue weighted by Crippen LogP contribution is -2.13. The highest BCUT2D eigenvalue weighted by atomic mass is 31.1. The summed E-state index contributed by atoms with van der Waals surface area (Å²) >= 11 is 0. The maximum Gasteiger partial charge on any atom is 0.126 e. The third kappa shape index (κ3) is 4.27. The maximum atomic E-state index is 10.8. The molecule has 3 rings (SSSR count). The zero-order chi connectivity index (χ0) is 17.6. The van der Waals surface area contributed by atoms with Crippen LogP contribution in [0.2, 0.25) is 0 Å². The molecule has 0 spiro atoms. The molecule has 0 saturated heterocycles. The van der Waals surface area contributed by atoms with Crippen molar-refractivity contribution in [2.75, 3.05) is 7.05 Å². The van der Waals surface area contributed by atoms with Gasteiger partial charge in [-0.3, -0.25) is 4.99 Å². The van der Waals surface area contributed by atoms with E-state index in [9.17, 15) is 5.11 Å². The van der Waals surface area contributed by atoms with Crippen LogP contribution in [-0.4, -0.2) is 18.4 Å². The molecule has 0 radical (unpaired) electrons. The Kier molecular flexibility index (Phi) is 5.83. The summed E-state index contributed by atoms with van der Waals surface area (Å²) < 4.78 is 0. The van der Waals surface area contributed by atoms with E-state index >= 15 is 0 Å². The zero-order valence-electron chi connectivity index (χ0n) is 14.7. The minimum absolute atomic E-state index is 0.418. The van der Waals surface area contributed by atoms with Gasteiger partial charge < -0.3 is 5.11 Å². The molecule has 1 N–H and O–H groups in total. The number of hydrogen-bond donors (Lipinski definition) is 1. The summed E-state index contributed by atoms with van der Waals surface area (Å²) in [5.41, 5.74) is 3.40. The van der Waals surface area contributed by atoms with E-state index in [1.54, 1.807) is 7.05 Å². The first-order chi connectivity index (χ1) is 12.2. The zero-order valence-corrected chi connectivity index (χ0v) is 15.7. The van der Waals surface area contributed by atoms with Crippen LogP contribution in [0.15, 0.2) is 65.7 Å². The van der Waals surface area contributed by atoms with E-state index in [-0.39, 0.29) is 0 Å². The summed E-state index contributed by atoms with van der Waals surface area (Å²) in [5.74, 6) is 0.919. The SMILES string of the molecule is CN=Cc1cccc(C)c1Pc1cccc(CC2C=CC=CC2)c1O. The Balaban J connectivity index is 1.88. The summed E-state index contributed by atoms with van der Waals surface area (Å²) in [6.07, 6.45) is 12.4. The summed E-state index contributed by atoms with van der Waals surface area (Å²) in [7, 11) is 2.21. The Bertz CT molecular complexity index is 836. The predicted molar refractivity (Wildman–Crippen MR) is 110 cm³/mol. The van der Waals surface area contributed by atoms with Crippen molar-refractivity contribution in [3.63, 3.8) is 0 Å². The second-order valence-corrected chi connectivity index (χ2v) is 7.67. The largest absolute Gasteiger partial charge is 0.507 e. The first kappa shape index (κ1) is 17.6. The number of aryl methyl sites for hydroxylation is 1. The van der Waals surface area contributed by atoms with Gasteiger partial charge in [-0.05, 0) is 42.1 Å². The van der Waals surface area contributed by atoms with Gasteiger partial charge in [-0.15, -0.1) is 0 Å². The van der Waals surface area contributed by atoms with Crippen molar-refractivity contribution in [2.45, 2.75) is 19.8 Å². The van der Waals surface area contributed by atoms with Gasteiger partial charge in [0.25, 0.3) is 0 Å². The quantitative estimate of drug-likeness (QED) is 0.641. The third-order valence-corrected chi connectivity index (χ3v) is 6.11. The summed E-state index contributed by atoms with van der Waals surface area (Å²) in [5, 5.41) is 13.1. The monoisotopic (exact) mass is 349 g/mol. The molecule has 128 valence electrons. The molecule has 1 aliphatic carbocycles. The molecular formula is C22H24NOP. The molecule has 0 aliphatic heterocycles. The first-order valence-corrected chi connectivity index (χ1v) is 9.62. The van der Waals surface area contributed by atoms with Gasteiger partial charge >= 0.3 is 0 Å². The van der Waals surface area contributed by atoms with Gasteiger partial charge in [-0.25, -0.2) is 0 Å². The van der Waals surface area contributed by atoms with Gasteiger partial charge in [0.1, 0.15) is 5.75 Å². The van der Waals surface area contributed by atoms with Crippen LogP contribution < -0.4 is 10.6 Å². The van der Waals surface area contributed by atoms with Crippen LogP contribution in [0.3, 0.4) is 0 Å². The molecule has 2 aromatic carbocycles. The topological polar surface area (TPSA) is 32.6 Å². The normalized spacial score (nSPS) is 17.1. The van der Waals surface area contributed by atoms with E-state index in [2.05, 4.69) is 60.5 Å². The van der Waals surface area contributed by atoms with Gasteiger partial charge in [0.2, 0.25) is 0 Å². The fourth-order valence-corrected chi connectivity index (χ4v) is 4.47. The van der Waals surface area contributed by atoms with E-state index in [4.69, 9.17) is 0 Å². The number of hydrogen-bond acceptors (Lipinski definition) is 2. The van der Waals surface area contributed by atoms with Crippen molar-refractivity contribution in [3.05, 3.63) is 77.4 Å². The Morgan fingerprint density at radius 2 is 2.04 bits per heavy atom. The van der Waals surface area contributed by atoms with Crippen molar-refractivity contribution < 1.29 is 5.11 Å². The van der Waals surface area contributed by atoms with Crippen LogP contribution in [0.25, 0.3) is 0 Å². The number of para-hydroxylation sites is 1. The van der Waals surface area contributed by atoms with Crippen molar-refractivity contribution in [1.29, 1.82) is 0 Å². The van der Waals surface area contributed by atoms with E-state index in [0.717, 1.165) is 29.3 Å². The van der Waals surface area contributed by atoms with E-state index < -0.39 is 0 Å². The molecule has 2 atom stereocenters. The first-order valence-electron chi connectivity index (χ1n) is 8.62. The minimum Gasteiger partial charge on any atom is -0.507 e. The van der Waals surface area contributed by atoms with E-state index in [1.165, 1.54) is 10.9 Å². The number of phenols is 1. The molecule has 0 heterocycles. The molecule has 25 heavy (non-hydrogen) atoms. The Morgan fingerprint density at radius 1 is 1.20 bits per heavy atom. The average molecular weight is 349 g/mol. The van der Waals surface area contributed by atoms with Crippen LogP contribution >= 0.6 is 8.58 Å². The molecule has 0 fully saturated rings. The van der Waals surface area contributed by atoms with Gasteiger partial charge in [0.05, 0.1) is 0 Å². The van der Waals surface area contributed by atoms with E-state index in [0.29, 0.717) is 20.2 Å². The smallest absolute Gasteiger partial charge is 0.126 e. The molecule has 0 aromatic heterocycles. The minimum atomic E-state index is 0.418. The van der Waals surface area contributed by atoms with Crippen molar-refractivity contribution in [3.8, 4) is 5.75 Å². The molecule has 2 nitrogen and oxygen atoms in total. The molecular weight excluding hydrogens is 325 g/mol. The lowest BCUT2D eigenvalue weighted by Gasteiger charge is -2.16. The average Bonchev–Trinajstić information content (AvgIpc) is 2.62.